The Morgan fingerprint density at radius 2 is 1.87 bits per heavy atom. The van der Waals surface area contributed by atoms with Crippen LogP contribution < -0.4 is 9.47 Å². The summed E-state index contributed by atoms with van der Waals surface area (Å²) in [5.41, 5.74) is 4.76. The van der Waals surface area contributed by atoms with E-state index in [-0.39, 0.29) is 0 Å². The Hall–Kier alpha value is -2.63. The van der Waals surface area contributed by atoms with Crippen LogP contribution in [0.15, 0.2) is 42.5 Å². The van der Waals surface area contributed by atoms with Gasteiger partial charge in [-0.3, -0.25) is 4.90 Å². The van der Waals surface area contributed by atoms with Crippen molar-refractivity contribution < 1.29 is 14.6 Å². The van der Waals surface area contributed by atoms with Crippen molar-refractivity contribution in [1.29, 1.82) is 0 Å². The van der Waals surface area contributed by atoms with Gasteiger partial charge in [0.1, 0.15) is 6.61 Å². The first-order valence-electron chi connectivity index (χ1n) is 10.7. The van der Waals surface area contributed by atoms with Crippen molar-refractivity contribution in [3.63, 3.8) is 0 Å². The molecule has 4 rings (SSSR count). The van der Waals surface area contributed by atoms with Crippen molar-refractivity contribution in [2.45, 2.75) is 32.8 Å². The first kappa shape index (κ1) is 20.6. The van der Waals surface area contributed by atoms with Crippen molar-refractivity contribution in [2.75, 3.05) is 33.4 Å². The Morgan fingerprint density at radius 3 is 2.60 bits per heavy atom. The van der Waals surface area contributed by atoms with E-state index in [2.05, 4.69) is 17.9 Å². The lowest BCUT2D eigenvalue weighted by molar-refractivity contribution is 0.199. The van der Waals surface area contributed by atoms with Crippen LogP contribution in [0.3, 0.4) is 0 Å². The van der Waals surface area contributed by atoms with Gasteiger partial charge in [0.05, 0.1) is 24.4 Å². The summed E-state index contributed by atoms with van der Waals surface area (Å²) < 4.78 is 11.6. The third-order valence-electron chi connectivity index (χ3n) is 5.85. The largest absolute Gasteiger partial charge is 0.493 e. The van der Waals surface area contributed by atoms with Crippen molar-refractivity contribution in [3.8, 4) is 22.8 Å². The molecule has 1 aliphatic rings. The molecule has 0 spiro atoms. The molecule has 1 aromatic heterocycles. The van der Waals surface area contributed by atoms with Gasteiger partial charge in [-0.1, -0.05) is 12.1 Å². The molecule has 1 fully saturated rings. The van der Waals surface area contributed by atoms with Crippen LogP contribution in [0.1, 0.15) is 37.0 Å². The predicted octanol–water partition coefficient (Wildman–Crippen LogP) is 4.75. The lowest BCUT2D eigenvalue weighted by Gasteiger charge is -2.17. The first-order chi connectivity index (χ1) is 14.5. The standard InChI is InChI=1S/C25H30N2O3/c1-17-14-22(26-23-15-19(18(2)28)6-8-21(17)23)20-7-9-24(25(16-20)29-3)30-13-12-27-10-4-5-11-27/h6-9,14-16,18,28H,4-5,10-13H2,1-3H3. The molecule has 5 heteroatoms. The zero-order valence-corrected chi connectivity index (χ0v) is 18.0. The Balaban J connectivity index is 1.59. The van der Waals surface area contributed by atoms with Gasteiger partial charge in [-0.2, -0.15) is 0 Å². The summed E-state index contributed by atoms with van der Waals surface area (Å²) in [5, 5.41) is 11.0. The number of nitrogens with zero attached hydrogens (tertiary/aromatic N) is 2. The summed E-state index contributed by atoms with van der Waals surface area (Å²) in [7, 11) is 1.67. The van der Waals surface area contributed by atoms with E-state index in [0.717, 1.165) is 45.6 Å². The Morgan fingerprint density at radius 1 is 1.07 bits per heavy atom. The molecule has 1 atom stereocenters. The van der Waals surface area contributed by atoms with Crippen LogP contribution in [0.25, 0.3) is 22.2 Å². The lowest BCUT2D eigenvalue weighted by Crippen LogP contribution is -2.25. The van der Waals surface area contributed by atoms with Gasteiger partial charge < -0.3 is 14.6 Å². The van der Waals surface area contributed by atoms with Crippen molar-refractivity contribution in [3.05, 3.63) is 53.6 Å². The molecule has 0 bridgehead atoms. The van der Waals surface area contributed by atoms with Crippen LogP contribution in [0.5, 0.6) is 11.5 Å². The molecule has 3 aromatic rings. The maximum atomic E-state index is 9.92. The molecule has 1 saturated heterocycles. The fourth-order valence-electron chi connectivity index (χ4n) is 4.06. The van der Waals surface area contributed by atoms with Gasteiger partial charge in [0, 0.05) is 17.5 Å². The van der Waals surface area contributed by atoms with Crippen LogP contribution in [-0.4, -0.2) is 48.3 Å². The number of hydrogen-bond donors (Lipinski definition) is 1. The number of pyridine rings is 1. The number of aromatic nitrogens is 1. The number of aryl methyl sites for hydroxylation is 1. The summed E-state index contributed by atoms with van der Waals surface area (Å²) in [6, 6.07) is 14.0. The Kier molecular flexibility index (Phi) is 6.21. The van der Waals surface area contributed by atoms with E-state index in [1.165, 1.54) is 25.9 Å². The van der Waals surface area contributed by atoms with Crippen molar-refractivity contribution in [2.24, 2.45) is 0 Å². The van der Waals surface area contributed by atoms with Crippen molar-refractivity contribution in [1.82, 2.24) is 9.88 Å². The quantitative estimate of drug-likeness (QED) is 0.614. The number of methoxy groups -OCH3 is 1. The molecule has 1 aliphatic heterocycles. The van der Waals surface area contributed by atoms with Crippen LogP contribution >= 0.6 is 0 Å². The maximum Gasteiger partial charge on any atom is 0.161 e. The van der Waals surface area contributed by atoms with E-state index in [1.807, 2.05) is 36.4 Å². The van der Waals surface area contributed by atoms with E-state index < -0.39 is 6.10 Å². The molecule has 2 aromatic carbocycles. The lowest BCUT2D eigenvalue weighted by atomic mass is 10.0. The Labute approximate surface area is 178 Å². The number of fused-ring (bicyclic) bond motifs is 1. The minimum atomic E-state index is -0.516. The average molecular weight is 407 g/mol. The van der Waals surface area contributed by atoms with Gasteiger partial charge in [-0.25, -0.2) is 4.98 Å². The highest BCUT2D eigenvalue weighted by Gasteiger charge is 2.13. The topological polar surface area (TPSA) is 54.8 Å². The number of ether oxygens (including phenoxy) is 2. The second-order valence-electron chi connectivity index (χ2n) is 8.04. The van der Waals surface area contributed by atoms with Crippen molar-refractivity contribution >= 4 is 10.9 Å². The second kappa shape index (κ2) is 9.02. The third kappa shape index (κ3) is 4.42. The second-order valence-corrected chi connectivity index (χ2v) is 8.04. The van der Waals surface area contributed by atoms with Gasteiger partial charge in [0.2, 0.25) is 0 Å². The first-order valence-corrected chi connectivity index (χ1v) is 10.7. The average Bonchev–Trinajstić information content (AvgIpc) is 3.27. The van der Waals surface area contributed by atoms with E-state index in [4.69, 9.17) is 14.5 Å². The zero-order valence-electron chi connectivity index (χ0n) is 18.0. The highest BCUT2D eigenvalue weighted by atomic mass is 16.5. The molecule has 1 unspecified atom stereocenters. The molecule has 0 saturated carbocycles. The number of rotatable bonds is 7. The molecule has 0 aliphatic carbocycles. The number of benzene rings is 2. The molecule has 30 heavy (non-hydrogen) atoms. The number of hydrogen-bond acceptors (Lipinski definition) is 5. The third-order valence-corrected chi connectivity index (χ3v) is 5.85. The maximum absolute atomic E-state index is 9.92. The monoisotopic (exact) mass is 406 g/mol. The Bertz CT molecular complexity index is 1030. The SMILES string of the molecule is COc1cc(-c2cc(C)c3ccc(C(C)O)cc3n2)ccc1OCCN1CCCC1. The highest BCUT2D eigenvalue weighted by Crippen LogP contribution is 2.33. The van der Waals surface area contributed by atoms with Gasteiger partial charge in [0.25, 0.3) is 0 Å². The molecule has 1 N–H and O–H groups in total. The molecular weight excluding hydrogens is 376 g/mol. The van der Waals surface area contributed by atoms with Gasteiger partial charge in [0.15, 0.2) is 11.5 Å². The number of likely N-dealkylation sites (tertiary alicyclic amines) is 1. The van der Waals surface area contributed by atoms with Crippen LogP contribution in [0, 0.1) is 6.92 Å². The van der Waals surface area contributed by atoms with Crippen LogP contribution in [0.2, 0.25) is 0 Å². The minimum Gasteiger partial charge on any atom is -0.493 e. The number of aliphatic hydroxyl groups is 1. The molecule has 158 valence electrons. The fraction of sp³-hybridized carbons (Fsp3) is 0.400. The summed E-state index contributed by atoms with van der Waals surface area (Å²) in [4.78, 5) is 7.29. The summed E-state index contributed by atoms with van der Waals surface area (Å²) in [6.45, 7) is 7.80. The molecule has 2 heterocycles. The minimum absolute atomic E-state index is 0.516. The van der Waals surface area contributed by atoms with Gasteiger partial charge in [-0.05, 0) is 81.2 Å². The van der Waals surface area contributed by atoms with Gasteiger partial charge >= 0.3 is 0 Å². The number of aliphatic hydroxyl groups excluding tert-OH is 1. The summed E-state index contributed by atoms with van der Waals surface area (Å²) in [6.07, 6.45) is 2.06. The molecule has 0 amide bonds. The predicted molar refractivity (Wildman–Crippen MR) is 120 cm³/mol. The molecule has 0 radical (unpaired) electrons. The smallest absolute Gasteiger partial charge is 0.161 e. The van der Waals surface area contributed by atoms with Crippen LogP contribution in [0.4, 0.5) is 0 Å². The highest BCUT2D eigenvalue weighted by molar-refractivity contribution is 5.85. The summed E-state index contributed by atoms with van der Waals surface area (Å²) in [5.74, 6) is 1.47. The molecular formula is C25H30N2O3. The summed E-state index contributed by atoms with van der Waals surface area (Å²) >= 11 is 0. The zero-order chi connectivity index (χ0) is 21.1. The van der Waals surface area contributed by atoms with Gasteiger partial charge in [-0.15, -0.1) is 0 Å². The normalized spacial score (nSPS) is 15.5. The van der Waals surface area contributed by atoms with E-state index in [0.29, 0.717) is 12.4 Å². The van der Waals surface area contributed by atoms with E-state index in [1.54, 1.807) is 14.0 Å². The molecule has 5 nitrogen and oxygen atoms in total. The van der Waals surface area contributed by atoms with E-state index >= 15 is 0 Å². The van der Waals surface area contributed by atoms with Crippen LogP contribution in [-0.2, 0) is 0 Å². The van der Waals surface area contributed by atoms with E-state index in [9.17, 15) is 5.11 Å². The fourth-order valence-corrected chi connectivity index (χ4v) is 4.06.